The lowest BCUT2D eigenvalue weighted by atomic mass is 10.1. The summed E-state index contributed by atoms with van der Waals surface area (Å²) in [6.07, 6.45) is 4.95. The molecule has 1 aliphatic carbocycles. The summed E-state index contributed by atoms with van der Waals surface area (Å²) in [6.45, 7) is 3.41. The molecule has 0 amide bonds. The van der Waals surface area contributed by atoms with Gasteiger partial charge >= 0.3 is 0 Å². The molecule has 1 heterocycles. The van der Waals surface area contributed by atoms with Gasteiger partial charge in [-0.1, -0.05) is 12.8 Å². The standard InChI is InChI=1S/C10H17N3O/c1-10(2,14)9-11-8(12-13-9)7-5-3-4-6-7/h7,14H,3-6H2,1-2H3,(H,11,12,13). The molecule has 0 atom stereocenters. The van der Waals surface area contributed by atoms with Crippen molar-refractivity contribution in [2.45, 2.75) is 51.0 Å². The summed E-state index contributed by atoms with van der Waals surface area (Å²) in [5, 5.41) is 16.7. The summed E-state index contributed by atoms with van der Waals surface area (Å²) in [4.78, 5) is 4.35. The van der Waals surface area contributed by atoms with Crippen LogP contribution in [-0.4, -0.2) is 20.3 Å². The minimum absolute atomic E-state index is 0.499. The first-order valence-electron chi connectivity index (χ1n) is 5.22. The van der Waals surface area contributed by atoms with Crippen molar-refractivity contribution in [3.63, 3.8) is 0 Å². The van der Waals surface area contributed by atoms with E-state index >= 15 is 0 Å². The molecule has 0 aromatic carbocycles. The normalized spacial score (nSPS) is 19.1. The van der Waals surface area contributed by atoms with Crippen LogP contribution in [0.4, 0.5) is 0 Å². The number of H-pyrrole nitrogens is 1. The number of hydrogen-bond acceptors (Lipinski definition) is 3. The van der Waals surface area contributed by atoms with Crippen molar-refractivity contribution in [1.82, 2.24) is 15.2 Å². The van der Waals surface area contributed by atoms with E-state index < -0.39 is 5.60 Å². The highest BCUT2D eigenvalue weighted by molar-refractivity contribution is 5.04. The fourth-order valence-electron chi connectivity index (χ4n) is 1.93. The molecule has 0 unspecified atom stereocenters. The zero-order chi connectivity index (χ0) is 10.2. The third-order valence-corrected chi connectivity index (χ3v) is 2.79. The van der Waals surface area contributed by atoms with Gasteiger partial charge in [0.05, 0.1) is 0 Å². The van der Waals surface area contributed by atoms with Crippen LogP contribution in [0.1, 0.15) is 57.1 Å². The number of aromatic nitrogens is 3. The molecule has 4 heteroatoms. The first-order valence-corrected chi connectivity index (χ1v) is 5.22. The van der Waals surface area contributed by atoms with Crippen LogP contribution in [0.2, 0.25) is 0 Å². The first-order chi connectivity index (χ1) is 6.57. The fraction of sp³-hybridized carbons (Fsp3) is 0.800. The molecule has 4 nitrogen and oxygen atoms in total. The molecule has 1 aliphatic rings. The molecule has 0 aliphatic heterocycles. The maximum absolute atomic E-state index is 9.70. The number of nitrogens with one attached hydrogen (secondary N) is 1. The molecular formula is C10H17N3O. The van der Waals surface area contributed by atoms with Gasteiger partial charge in [-0.15, -0.1) is 0 Å². The van der Waals surface area contributed by atoms with Crippen molar-refractivity contribution in [3.05, 3.63) is 11.6 Å². The largest absolute Gasteiger partial charge is 0.382 e. The van der Waals surface area contributed by atoms with E-state index in [0.29, 0.717) is 11.7 Å². The van der Waals surface area contributed by atoms with Crippen molar-refractivity contribution in [3.8, 4) is 0 Å². The molecule has 0 saturated heterocycles. The smallest absolute Gasteiger partial charge is 0.181 e. The highest BCUT2D eigenvalue weighted by atomic mass is 16.3. The number of hydrogen-bond donors (Lipinski definition) is 2. The van der Waals surface area contributed by atoms with Crippen LogP contribution in [0.5, 0.6) is 0 Å². The molecule has 14 heavy (non-hydrogen) atoms. The third kappa shape index (κ3) is 1.80. The van der Waals surface area contributed by atoms with Crippen LogP contribution in [-0.2, 0) is 5.60 Å². The Balaban J connectivity index is 2.17. The molecule has 1 saturated carbocycles. The van der Waals surface area contributed by atoms with Gasteiger partial charge in [-0.2, -0.15) is 5.10 Å². The molecule has 1 aromatic heterocycles. The average Bonchev–Trinajstić information content (AvgIpc) is 2.73. The second-order valence-corrected chi connectivity index (χ2v) is 4.58. The fourth-order valence-corrected chi connectivity index (χ4v) is 1.93. The summed E-state index contributed by atoms with van der Waals surface area (Å²) in [5.74, 6) is 1.97. The molecule has 78 valence electrons. The SMILES string of the molecule is CC(C)(O)c1n[nH]c(C2CCCC2)n1. The van der Waals surface area contributed by atoms with Gasteiger partial charge in [-0.3, -0.25) is 5.10 Å². The van der Waals surface area contributed by atoms with Gasteiger partial charge in [0, 0.05) is 5.92 Å². The molecule has 2 N–H and O–H groups in total. The van der Waals surface area contributed by atoms with Crippen molar-refractivity contribution in [2.75, 3.05) is 0 Å². The highest BCUT2D eigenvalue weighted by Gasteiger charge is 2.25. The van der Waals surface area contributed by atoms with Crippen LogP contribution in [0.3, 0.4) is 0 Å². The Morgan fingerprint density at radius 1 is 1.36 bits per heavy atom. The minimum atomic E-state index is -0.937. The number of aromatic amines is 1. The van der Waals surface area contributed by atoms with E-state index in [9.17, 15) is 5.11 Å². The second kappa shape index (κ2) is 3.35. The summed E-state index contributed by atoms with van der Waals surface area (Å²) in [7, 11) is 0. The minimum Gasteiger partial charge on any atom is -0.382 e. The Hall–Kier alpha value is -0.900. The van der Waals surface area contributed by atoms with Gasteiger partial charge in [0.2, 0.25) is 0 Å². The number of aliphatic hydroxyl groups is 1. The molecule has 0 spiro atoms. The van der Waals surface area contributed by atoms with E-state index in [2.05, 4.69) is 15.2 Å². The van der Waals surface area contributed by atoms with Crippen LogP contribution in [0.25, 0.3) is 0 Å². The Labute approximate surface area is 83.8 Å². The van der Waals surface area contributed by atoms with Crippen LogP contribution in [0.15, 0.2) is 0 Å². The van der Waals surface area contributed by atoms with Gasteiger partial charge in [-0.05, 0) is 26.7 Å². The average molecular weight is 195 g/mol. The maximum Gasteiger partial charge on any atom is 0.181 e. The summed E-state index contributed by atoms with van der Waals surface area (Å²) in [6, 6.07) is 0. The van der Waals surface area contributed by atoms with Crippen LogP contribution in [0, 0.1) is 0 Å². The summed E-state index contributed by atoms with van der Waals surface area (Å²) < 4.78 is 0. The van der Waals surface area contributed by atoms with E-state index in [1.54, 1.807) is 13.8 Å². The lowest BCUT2D eigenvalue weighted by molar-refractivity contribution is 0.0690. The van der Waals surface area contributed by atoms with Crippen molar-refractivity contribution in [1.29, 1.82) is 0 Å². The van der Waals surface area contributed by atoms with E-state index in [-0.39, 0.29) is 0 Å². The van der Waals surface area contributed by atoms with E-state index in [4.69, 9.17) is 0 Å². The maximum atomic E-state index is 9.70. The molecule has 2 rings (SSSR count). The quantitative estimate of drug-likeness (QED) is 0.754. The predicted molar refractivity (Wildman–Crippen MR) is 52.8 cm³/mol. The van der Waals surface area contributed by atoms with Gasteiger partial charge in [0.25, 0.3) is 0 Å². The molecular weight excluding hydrogens is 178 g/mol. The highest BCUT2D eigenvalue weighted by Crippen LogP contribution is 2.32. The molecule has 1 aromatic rings. The van der Waals surface area contributed by atoms with Crippen LogP contribution >= 0.6 is 0 Å². The Bertz CT molecular complexity index is 307. The van der Waals surface area contributed by atoms with Crippen molar-refractivity contribution < 1.29 is 5.11 Å². The van der Waals surface area contributed by atoms with E-state index in [0.717, 1.165) is 5.82 Å². The zero-order valence-electron chi connectivity index (χ0n) is 8.75. The van der Waals surface area contributed by atoms with Gasteiger partial charge in [0.1, 0.15) is 11.4 Å². The van der Waals surface area contributed by atoms with Gasteiger partial charge in [-0.25, -0.2) is 4.98 Å². The van der Waals surface area contributed by atoms with Gasteiger partial charge < -0.3 is 5.11 Å². The molecule has 0 radical (unpaired) electrons. The Kier molecular flexibility index (Phi) is 2.31. The monoisotopic (exact) mass is 195 g/mol. The van der Waals surface area contributed by atoms with Crippen LogP contribution < -0.4 is 0 Å². The number of rotatable bonds is 2. The van der Waals surface area contributed by atoms with Gasteiger partial charge in [0.15, 0.2) is 5.82 Å². The van der Waals surface area contributed by atoms with E-state index in [1.807, 2.05) is 0 Å². The third-order valence-electron chi connectivity index (χ3n) is 2.79. The topological polar surface area (TPSA) is 61.8 Å². The Morgan fingerprint density at radius 2 is 2.00 bits per heavy atom. The molecule has 1 fully saturated rings. The summed E-state index contributed by atoms with van der Waals surface area (Å²) in [5.41, 5.74) is -0.937. The van der Waals surface area contributed by atoms with Crippen molar-refractivity contribution in [2.24, 2.45) is 0 Å². The lowest BCUT2D eigenvalue weighted by Crippen LogP contribution is -2.17. The van der Waals surface area contributed by atoms with E-state index in [1.165, 1.54) is 25.7 Å². The summed E-state index contributed by atoms with van der Waals surface area (Å²) >= 11 is 0. The Morgan fingerprint density at radius 3 is 2.50 bits per heavy atom. The first kappa shape index (κ1) is 9.65. The number of nitrogens with zero attached hydrogens (tertiary/aromatic N) is 2. The van der Waals surface area contributed by atoms with Crippen molar-refractivity contribution >= 4 is 0 Å². The zero-order valence-corrected chi connectivity index (χ0v) is 8.75. The molecule has 0 bridgehead atoms. The lowest BCUT2D eigenvalue weighted by Gasteiger charge is -2.11. The predicted octanol–water partition coefficient (Wildman–Crippen LogP) is 1.69. The second-order valence-electron chi connectivity index (χ2n) is 4.58.